The van der Waals surface area contributed by atoms with E-state index in [1.165, 1.54) is 0 Å². The minimum atomic E-state index is 0.136. The van der Waals surface area contributed by atoms with Crippen LogP contribution in [0, 0.1) is 0 Å². The summed E-state index contributed by atoms with van der Waals surface area (Å²) in [6.45, 7) is 0. The van der Waals surface area contributed by atoms with E-state index < -0.39 is 0 Å². The van der Waals surface area contributed by atoms with Gasteiger partial charge >= 0.3 is 0 Å². The van der Waals surface area contributed by atoms with Crippen molar-refractivity contribution in [2.45, 2.75) is 10.6 Å². The van der Waals surface area contributed by atoms with Gasteiger partial charge in [0.05, 0.1) is 6.20 Å². The second kappa shape index (κ2) is 5.59. The summed E-state index contributed by atoms with van der Waals surface area (Å²) >= 11 is 1.66. The van der Waals surface area contributed by atoms with Crippen LogP contribution in [0.2, 0.25) is 0 Å². The number of hydrogen-bond donors (Lipinski definition) is 2. The number of thioether (sulfide) groups is 1. The van der Waals surface area contributed by atoms with E-state index in [0.717, 1.165) is 21.8 Å². The quantitative estimate of drug-likeness (QED) is 0.290. The normalized spacial score (nSPS) is 11.7. The molecule has 3 N–H and O–H groups in total. The molecule has 0 fully saturated rings. The molecule has 0 atom stereocenters. The Kier molecular flexibility index (Phi) is 3.88. The molecule has 0 aliphatic rings. The number of aromatic nitrogens is 2. The molecule has 18 heavy (non-hydrogen) atoms. The number of benzene rings is 1. The Morgan fingerprint density at radius 3 is 2.94 bits per heavy atom. The maximum atomic E-state index is 8.74. The zero-order valence-electron chi connectivity index (χ0n) is 9.95. The monoisotopic (exact) mass is 262 g/mol. The Morgan fingerprint density at radius 2 is 2.28 bits per heavy atom. The van der Waals surface area contributed by atoms with Gasteiger partial charge in [0, 0.05) is 29.5 Å². The fourth-order valence-electron chi connectivity index (χ4n) is 1.58. The molecular weight excluding hydrogens is 248 g/mol. The number of aryl methyl sites for hydroxylation is 1. The van der Waals surface area contributed by atoms with Crippen LogP contribution in [0.4, 0.5) is 0 Å². The van der Waals surface area contributed by atoms with Gasteiger partial charge in [-0.2, -0.15) is 5.10 Å². The maximum Gasteiger partial charge on any atom is 0.170 e. The predicted octanol–water partition coefficient (Wildman–Crippen LogP) is 1.81. The third-order valence-electron chi connectivity index (χ3n) is 2.48. The van der Waals surface area contributed by atoms with Crippen molar-refractivity contribution in [3.8, 4) is 0 Å². The number of amidine groups is 1. The molecule has 1 aromatic carbocycles. The zero-order chi connectivity index (χ0) is 13.0. The summed E-state index contributed by atoms with van der Waals surface area (Å²) in [6, 6.07) is 7.61. The van der Waals surface area contributed by atoms with E-state index in [-0.39, 0.29) is 5.84 Å². The average molecular weight is 262 g/mol. The molecule has 2 rings (SSSR count). The minimum Gasteiger partial charge on any atom is -0.409 e. The van der Waals surface area contributed by atoms with Crippen molar-refractivity contribution in [1.29, 1.82) is 0 Å². The summed E-state index contributed by atoms with van der Waals surface area (Å²) in [6.07, 6.45) is 3.77. The molecule has 1 aromatic heterocycles. The lowest BCUT2D eigenvalue weighted by Gasteiger charge is -2.06. The standard InChI is InChI=1S/C12H14N4OS/c1-16-7-10(6-14-16)18-8-9-4-2-3-5-11(9)12(13)15-17/h2-7,17H,8H2,1H3,(H2,13,15). The Balaban J connectivity index is 2.14. The van der Waals surface area contributed by atoms with E-state index in [0.29, 0.717) is 0 Å². The van der Waals surface area contributed by atoms with Crippen molar-refractivity contribution in [2.24, 2.45) is 17.9 Å². The van der Waals surface area contributed by atoms with Gasteiger partial charge in [-0.3, -0.25) is 4.68 Å². The van der Waals surface area contributed by atoms with Gasteiger partial charge in [0.25, 0.3) is 0 Å². The van der Waals surface area contributed by atoms with Crippen molar-refractivity contribution >= 4 is 17.6 Å². The zero-order valence-corrected chi connectivity index (χ0v) is 10.8. The summed E-state index contributed by atoms with van der Waals surface area (Å²) in [5, 5.41) is 15.9. The fraction of sp³-hybridized carbons (Fsp3) is 0.167. The van der Waals surface area contributed by atoms with Crippen LogP contribution in [-0.2, 0) is 12.8 Å². The Hall–Kier alpha value is -1.95. The number of nitrogens with zero attached hydrogens (tertiary/aromatic N) is 3. The molecule has 0 unspecified atom stereocenters. The van der Waals surface area contributed by atoms with Gasteiger partial charge in [0.1, 0.15) is 0 Å². The number of rotatable bonds is 4. The Morgan fingerprint density at radius 1 is 1.50 bits per heavy atom. The van der Waals surface area contributed by atoms with Crippen molar-refractivity contribution in [2.75, 3.05) is 0 Å². The van der Waals surface area contributed by atoms with Crippen molar-refractivity contribution < 1.29 is 5.21 Å². The van der Waals surface area contributed by atoms with Gasteiger partial charge in [0.2, 0.25) is 0 Å². The second-order valence-electron chi connectivity index (χ2n) is 3.78. The van der Waals surface area contributed by atoms with Crippen molar-refractivity contribution in [3.05, 3.63) is 47.8 Å². The van der Waals surface area contributed by atoms with Crippen LogP contribution in [0.25, 0.3) is 0 Å². The van der Waals surface area contributed by atoms with Gasteiger partial charge in [-0.15, -0.1) is 11.8 Å². The van der Waals surface area contributed by atoms with Crippen LogP contribution in [0.3, 0.4) is 0 Å². The smallest absolute Gasteiger partial charge is 0.170 e. The summed E-state index contributed by atoms with van der Waals surface area (Å²) in [7, 11) is 1.88. The molecular formula is C12H14N4OS. The largest absolute Gasteiger partial charge is 0.409 e. The topological polar surface area (TPSA) is 76.4 Å². The third-order valence-corrected chi connectivity index (χ3v) is 3.48. The van der Waals surface area contributed by atoms with Gasteiger partial charge in [-0.05, 0) is 5.56 Å². The molecule has 0 spiro atoms. The van der Waals surface area contributed by atoms with Crippen molar-refractivity contribution in [3.63, 3.8) is 0 Å². The lowest BCUT2D eigenvalue weighted by Crippen LogP contribution is -2.15. The summed E-state index contributed by atoms with van der Waals surface area (Å²) in [4.78, 5) is 1.09. The highest BCUT2D eigenvalue weighted by Gasteiger charge is 2.07. The highest BCUT2D eigenvalue weighted by molar-refractivity contribution is 7.98. The van der Waals surface area contributed by atoms with Crippen molar-refractivity contribution in [1.82, 2.24) is 9.78 Å². The molecule has 0 saturated heterocycles. The molecule has 0 aliphatic carbocycles. The minimum absolute atomic E-state index is 0.136. The van der Waals surface area contributed by atoms with Crippen LogP contribution >= 0.6 is 11.8 Å². The summed E-state index contributed by atoms with van der Waals surface area (Å²) in [5.41, 5.74) is 7.43. The molecule has 6 heteroatoms. The lowest BCUT2D eigenvalue weighted by molar-refractivity contribution is 0.318. The molecule has 0 saturated carbocycles. The Labute approximate surface area is 109 Å². The van der Waals surface area contributed by atoms with E-state index in [4.69, 9.17) is 10.9 Å². The molecule has 0 aliphatic heterocycles. The Bertz CT molecular complexity index is 565. The van der Waals surface area contributed by atoms with Crippen LogP contribution in [0.15, 0.2) is 46.7 Å². The van der Waals surface area contributed by atoms with Gasteiger partial charge in [-0.25, -0.2) is 0 Å². The molecule has 0 radical (unpaired) electrons. The first-order valence-electron chi connectivity index (χ1n) is 5.38. The molecule has 2 aromatic rings. The van der Waals surface area contributed by atoms with Gasteiger partial charge in [0.15, 0.2) is 5.84 Å². The molecule has 5 nitrogen and oxygen atoms in total. The van der Waals surface area contributed by atoms with E-state index in [1.54, 1.807) is 16.4 Å². The second-order valence-corrected chi connectivity index (χ2v) is 4.83. The van der Waals surface area contributed by atoms with E-state index in [2.05, 4.69) is 10.3 Å². The SMILES string of the molecule is Cn1cc(SCc2ccccc2C(N)=NO)cn1. The average Bonchev–Trinajstić information content (AvgIpc) is 2.81. The summed E-state index contributed by atoms with van der Waals surface area (Å²) < 4.78 is 1.76. The molecule has 1 heterocycles. The van der Waals surface area contributed by atoms with E-state index in [9.17, 15) is 0 Å². The number of nitrogens with two attached hydrogens (primary N) is 1. The fourth-order valence-corrected chi connectivity index (χ4v) is 2.51. The van der Waals surface area contributed by atoms with E-state index in [1.807, 2.05) is 43.7 Å². The maximum absolute atomic E-state index is 8.74. The van der Waals surface area contributed by atoms with E-state index >= 15 is 0 Å². The van der Waals surface area contributed by atoms with Gasteiger partial charge in [-0.1, -0.05) is 29.4 Å². The summed E-state index contributed by atoms with van der Waals surface area (Å²) in [5.74, 6) is 0.885. The van der Waals surface area contributed by atoms with Crippen LogP contribution in [0.5, 0.6) is 0 Å². The van der Waals surface area contributed by atoms with Gasteiger partial charge < -0.3 is 10.9 Å². The van der Waals surface area contributed by atoms with Crippen LogP contribution < -0.4 is 5.73 Å². The third kappa shape index (κ3) is 2.84. The lowest BCUT2D eigenvalue weighted by atomic mass is 10.1. The molecule has 0 bridgehead atoms. The molecule has 94 valence electrons. The first-order chi connectivity index (χ1) is 8.70. The highest BCUT2D eigenvalue weighted by Crippen LogP contribution is 2.23. The number of hydrogen-bond acceptors (Lipinski definition) is 4. The molecule has 0 amide bonds. The van der Waals surface area contributed by atoms with Crippen LogP contribution in [0.1, 0.15) is 11.1 Å². The number of oxime groups is 1. The predicted molar refractivity (Wildman–Crippen MR) is 71.7 cm³/mol. The van der Waals surface area contributed by atoms with Crippen LogP contribution in [-0.4, -0.2) is 20.8 Å². The first-order valence-corrected chi connectivity index (χ1v) is 6.36. The first kappa shape index (κ1) is 12.5. The highest BCUT2D eigenvalue weighted by atomic mass is 32.2.